The fraction of sp³-hybridized carbons (Fsp3) is 0.273. The van der Waals surface area contributed by atoms with E-state index in [1.807, 2.05) is 23.1 Å². The smallest absolute Gasteiger partial charge is 0.231 e. The molecule has 2 aromatic carbocycles. The lowest BCUT2D eigenvalue weighted by Gasteiger charge is -2.34. The summed E-state index contributed by atoms with van der Waals surface area (Å²) >= 11 is 5.86. The van der Waals surface area contributed by atoms with Gasteiger partial charge in [0.1, 0.15) is 10.7 Å². The predicted molar refractivity (Wildman–Crippen MR) is 123 cm³/mol. The SMILES string of the molecule is Nc1nc(N2CCN(Cc3ccc4c(c3)OCO4)CC2)ncc1S(=O)(=O)c1ccc(Cl)cc1. The van der Waals surface area contributed by atoms with Crippen molar-refractivity contribution >= 4 is 33.2 Å². The molecule has 0 radical (unpaired) electrons. The predicted octanol–water partition coefficient (Wildman–Crippen LogP) is 2.60. The minimum atomic E-state index is -3.84. The van der Waals surface area contributed by atoms with Crippen molar-refractivity contribution in [1.82, 2.24) is 14.9 Å². The number of nitrogens with zero attached hydrogens (tertiary/aromatic N) is 4. The Kier molecular flexibility index (Phi) is 5.73. The zero-order valence-electron chi connectivity index (χ0n) is 17.6. The molecule has 172 valence electrons. The first-order valence-corrected chi connectivity index (χ1v) is 12.3. The van der Waals surface area contributed by atoms with Gasteiger partial charge in [-0.3, -0.25) is 4.90 Å². The molecular formula is C22H22ClN5O4S. The van der Waals surface area contributed by atoms with Gasteiger partial charge in [0.2, 0.25) is 22.6 Å². The molecule has 0 bridgehead atoms. The fourth-order valence-corrected chi connectivity index (χ4v) is 5.26. The lowest BCUT2D eigenvalue weighted by Crippen LogP contribution is -2.46. The van der Waals surface area contributed by atoms with Crippen molar-refractivity contribution in [3.05, 3.63) is 59.2 Å². The maximum atomic E-state index is 12.9. The third-order valence-electron chi connectivity index (χ3n) is 5.68. The van der Waals surface area contributed by atoms with Crippen LogP contribution in [0.15, 0.2) is 58.5 Å². The van der Waals surface area contributed by atoms with Crippen molar-refractivity contribution in [3.63, 3.8) is 0 Å². The van der Waals surface area contributed by atoms with Crippen molar-refractivity contribution < 1.29 is 17.9 Å². The van der Waals surface area contributed by atoms with Crippen molar-refractivity contribution in [2.75, 3.05) is 43.6 Å². The van der Waals surface area contributed by atoms with Crippen molar-refractivity contribution in [2.45, 2.75) is 16.3 Å². The number of fused-ring (bicyclic) bond motifs is 1. The Morgan fingerprint density at radius 2 is 1.73 bits per heavy atom. The Bertz CT molecular complexity index is 1280. The largest absolute Gasteiger partial charge is 0.454 e. The number of ether oxygens (including phenoxy) is 2. The van der Waals surface area contributed by atoms with E-state index in [4.69, 9.17) is 26.8 Å². The highest BCUT2D eigenvalue weighted by atomic mass is 35.5. The van der Waals surface area contributed by atoms with Crippen LogP contribution < -0.4 is 20.1 Å². The lowest BCUT2D eigenvalue weighted by molar-refractivity contribution is 0.174. The van der Waals surface area contributed by atoms with Gasteiger partial charge in [0.05, 0.1) is 11.1 Å². The molecule has 0 atom stereocenters. The number of nitrogens with two attached hydrogens (primary N) is 1. The second kappa shape index (κ2) is 8.69. The normalized spacial score (nSPS) is 16.2. The number of hydrogen-bond donors (Lipinski definition) is 1. The Morgan fingerprint density at radius 3 is 2.45 bits per heavy atom. The summed E-state index contributed by atoms with van der Waals surface area (Å²) in [5, 5.41) is 0.450. The van der Waals surface area contributed by atoms with Crippen LogP contribution in [0, 0.1) is 0 Å². The molecule has 11 heteroatoms. The number of nitrogen functional groups attached to an aromatic ring is 1. The van der Waals surface area contributed by atoms with Crippen molar-refractivity contribution in [2.24, 2.45) is 0 Å². The van der Waals surface area contributed by atoms with Gasteiger partial charge in [-0.1, -0.05) is 17.7 Å². The molecular weight excluding hydrogens is 466 g/mol. The van der Waals surface area contributed by atoms with Gasteiger partial charge in [-0.25, -0.2) is 13.4 Å². The van der Waals surface area contributed by atoms with E-state index in [1.54, 1.807) is 0 Å². The number of hydrogen-bond acceptors (Lipinski definition) is 9. The van der Waals surface area contributed by atoms with Gasteiger partial charge in [-0.2, -0.15) is 4.98 Å². The number of sulfone groups is 1. The van der Waals surface area contributed by atoms with Crippen LogP contribution in [-0.2, 0) is 16.4 Å². The van der Waals surface area contributed by atoms with Gasteiger partial charge < -0.3 is 20.1 Å². The minimum Gasteiger partial charge on any atom is -0.454 e. The van der Waals surface area contributed by atoms with E-state index < -0.39 is 9.84 Å². The molecule has 0 saturated carbocycles. The number of benzene rings is 2. The molecule has 0 aliphatic carbocycles. The Hall–Kier alpha value is -3.08. The Morgan fingerprint density at radius 1 is 1.00 bits per heavy atom. The van der Waals surface area contributed by atoms with Crippen molar-refractivity contribution in [3.8, 4) is 11.5 Å². The maximum absolute atomic E-state index is 12.9. The molecule has 0 amide bonds. The lowest BCUT2D eigenvalue weighted by atomic mass is 10.1. The average molecular weight is 488 g/mol. The summed E-state index contributed by atoms with van der Waals surface area (Å²) in [5.74, 6) is 1.91. The summed E-state index contributed by atoms with van der Waals surface area (Å²) in [4.78, 5) is 12.9. The first-order chi connectivity index (χ1) is 15.9. The first-order valence-electron chi connectivity index (χ1n) is 10.4. The molecule has 1 fully saturated rings. The molecule has 3 aromatic rings. The van der Waals surface area contributed by atoms with Gasteiger partial charge in [-0.15, -0.1) is 0 Å². The van der Waals surface area contributed by atoms with E-state index in [9.17, 15) is 8.42 Å². The highest BCUT2D eigenvalue weighted by Crippen LogP contribution is 2.33. The zero-order valence-corrected chi connectivity index (χ0v) is 19.2. The molecule has 1 saturated heterocycles. The highest BCUT2D eigenvalue weighted by molar-refractivity contribution is 7.91. The second-order valence-corrected chi connectivity index (χ2v) is 10.2. The number of piperazine rings is 1. The van der Waals surface area contributed by atoms with Crippen LogP contribution in [0.4, 0.5) is 11.8 Å². The summed E-state index contributed by atoms with van der Waals surface area (Å²) in [5.41, 5.74) is 7.20. The van der Waals surface area contributed by atoms with E-state index in [0.717, 1.165) is 36.7 Å². The summed E-state index contributed by atoms with van der Waals surface area (Å²) in [6.45, 7) is 4.08. The highest BCUT2D eigenvalue weighted by Gasteiger charge is 2.25. The van der Waals surface area contributed by atoms with Gasteiger partial charge >= 0.3 is 0 Å². The minimum absolute atomic E-state index is 0.0715. The fourth-order valence-electron chi connectivity index (χ4n) is 3.88. The van der Waals surface area contributed by atoms with Crippen LogP contribution in [0.5, 0.6) is 11.5 Å². The van der Waals surface area contributed by atoms with Crippen LogP contribution in [0.3, 0.4) is 0 Å². The Labute approximate surface area is 196 Å². The van der Waals surface area contributed by atoms with Crippen LogP contribution >= 0.6 is 11.6 Å². The quantitative estimate of drug-likeness (QED) is 0.580. The summed E-state index contributed by atoms with van der Waals surface area (Å²) in [7, 11) is -3.84. The average Bonchev–Trinajstić information content (AvgIpc) is 3.27. The van der Waals surface area contributed by atoms with Crippen LogP contribution in [-0.4, -0.2) is 56.3 Å². The topological polar surface area (TPSA) is 111 Å². The standard InChI is InChI=1S/C22H22ClN5O4S/c23-16-2-4-17(5-3-16)33(29,30)20-12-25-22(26-21(20)24)28-9-7-27(8-10-28)13-15-1-6-18-19(11-15)32-14-31-18/h1-6,11-12H,7-10,13-14H2,(H2,24,25,26). The van der Waals surface area contributed by atoms with Gasteiger partial charge in [0.25, 0.3) is 0 Å². The molecule has 3 heterocycles. The molecule has 33 heavy (non-hydrogen) atoms. The molecule has 0 unspecified atom stereocenters. The van der Waals surface area contributed by atoms with E-state index in [-0.39, 0.29) is 22.4 Å². The molecule has 0 spiro atoms. The molecule has 2 aliphatic heterocycles. The van der Waals surface area contributed by atoms with Crippen LogP contribution in [0.25, 0.3) is 0 Å². The van der Waals surface area contributed by atoms with Gasteiger partial charge in [0, 0.05) is 37.7 Å². The third kappa shape index (κ3) is 4.41. The monoisotopic (exact) mass is 487 g/mol. The van der Waals surface area contributed by atoms with Crippen LogP contribution in [0.1, 0.15) is 5.56 Å². The molecule has 5 rings (SSSR count). The number of aromatic nitrogens is 2. The van der Waals surface area contributed by atoms with Crippen molar-refractivity contribution in [1.29, 1.82) is 0 Å². The summed E-state index contributed by atoms with van der Waals surface area (Å²) < 4.78 is 36.6. The summed E-state index contributed by atoms with van der Waals surface area (Å²) in [6, 6.07) is 11.9. The molecule has 2 aliphatic rings. The van der Waals surface area contributed by atoms with Gasteiger partial charge in [-0.05, 0) is 42.0 Å². The van der Waals surface area contributed by atoms with Crippen LogP contribution in [0.2, 0.25) is 5.02 Å². The maximum Gasteiger partial charge on any atom is 0.231 e. The van der Waals surface area contributed by atoms with E-state index in [1.165, 1.54) is 30.5 Å². The van der Waals surface area contributed by atoms with E-state index in [0.29, 0.717) is 24.1 Å². The molecule has 1 aromatic heterocycles. The summed E-state index contributed by atoms with van der Waals surface area (Å²) in [6.07, 6.45) is 1.28. The second-order valence-electron chi connectivity index (χ2n) is 7.83. The Balaban J connectivity index is 1.25. The number of rotatable bonds is 5. The number of anilines is 2. The first kappa shape index (κ1) is 21.7. The number of halogens is 1. The molecule has 9 nitrogen and oxygen atoms in total. The van der Waals surface area contributed by atoms with Gasteiger partial charge in [0.15, 0.2) is 11.5 Å². The zero-order chi connectivity index (χ0) is 23.0. The molecule has 2 N–H and O–H groups in total. The third-order valence-corrected chi connectivity index (χ3v) is 7.72. The van der Waals surface area contributed by atoms with E-state index >= 15 is 0 Å². The van der Waals surface area contributed by atoms with E-state index in [2.05, 4.69) is 14.9 Å².